The molecule has 3 aromatic rings. The van der Waals surface area contributed by atoms with Gasteiger partial charge in [0.2, 0.25) is 6.23 Å². The minimum absolute atomic E-state index is 0.0483. The average Bonchev–Trinajstić information content (AvgIpc) is 3.29. The van der Waals surface area contributed by atoms with Crippen LogP contribution in [0.1, 0.15) is 35.4 Å². The van der Waals surface area contributed by atoms with E-state index in [-0.39, 0.29) is 12.3 Å². The first-order valence-electron chi connectivity index (χ1n) is 10.2. The van der Waals surface area contributed by atoms with E-state index in [9.17, 15) is 0 Å². The standard InChI is InChI=1S/C25H24N2O4/c1-28-18-12-10-16(11-13-18)25-27-22(20-8-5-9-23(30-3)24(20)31-25)15-21(26-27)17-6-4-7-19(14-17)29-2/h4-14,22,25H,15H2,1-3H3/t22-,25+/m0/s1. The maximum absolute atomic E-state index is 6.48. The van der Waals surface area contributed by atoms with Gasteiger partial charge in [0.15, 0.2) is 11.5 Å². The molecule has 2 aliphatic heterocycles. The Kier molecular flexibility index (Phi) is 4.90. The number of hydrogen-bond acceptors (Lipinski definition) is 6. The molecule has 0 fully saturated rings. The fourth-order valence-corrected chi connectivity index (χ4v) is 4.21. The van der Waals surface area contributed by atoms with Gasteiger partial charge in [-0.15, -0.1) is 0 Å². The Labute approximate surface area is 181 Å². The number of methoxy groups -OCH3 is 3. The molecule has 6 heteroatoms. The molecular weight excluding hydrogens is 392 g/mol. The molecule has 3 aromatic carbocycles. The van der Waals surface area contributed by atoms with Crippen molar-refractivity contribution < 1.29 is 18.9 Å². The van der Waals surface area contributed by atoms with E-state index in [0.29, 0.717) is 0 Å². The zero-order valence-corrected chi connectivity index (χ0v) is 17.7. The van der Waals surface area contributed by atoms with Gasteiger partial charge >= 0.3 is 0 Å². The highest BCUT2D eigenvalue weighted by atomic mass is 16.5. The van der Waals surface area contributed by atoms with E-state index < -0.39 is 0 Å². The lowest BCUT2D eigenvalue weighted by Gasteiger charge is -2.38. The number of benzene rings is 3. The zero-order chi connectivity index (χ0) is 21.4. The van der Waals surface area contributed by atoms with Crippen LogP contribution in [0.4, 0.5) is 0 Å². The molecule has 5 rings (SSSR count). The summed E-state index contributed by atoms with van der Waals surface area (Å²) in [4.78, 5) is 0. The van der Waals surface area contributed by atoms with E-state index in [2.05, 4.69) is 17.1 Å². The number of nitrogens with zero attached hydrogens (tertiary/aromatic N) is 2. The molecule has 0 saturated carbocycles. The van der Waals surface area contributed by atoms with Crippen LogP contribution in [0.3, 0.4) is 0 Å². The summed E-state index contributed by atoms with van der Waals surface area (Å²) in [6.45, 7) is 0. The molecule has 0 spiro atoms. The molecule has 158 valence electrons. The van der Waals surface area contributed by atoms with Gasteiger partial charge in [-0.3, -0.25) is 0 Å². The van der Waals surface area contributed by atoms with Gasteiger partial charge in [0.25, 0.3) is 0 Å². The Balaban J connectivity index is 1.59. The molecule has 0 saturated heterocycles. The molecule has 0 N–H and O–H groups in total. The van der Waals surface area contributed by atoms with E-state index in [0.717, 1.165) is 51.8 Å². The van der Waals surface area contributed by atoms with Crippen LogP contribution < -0.4 is 18.9 Å². The number of para-hydroxylation sites is 1. The monoisotopic (exact) mass is 416 g/mol. The van der Waals surface area contributed by atoms with Crippen LogP contribution in [-0.4, -0.2) is 32.0 Å². The number of rotatable bonds is 5. The Hall–Kier alpha value is -3.67. The van der Waals surface area contributed by atoms with E-state index >= 15 is 0 Å². The van der Waals surface area contributed by atoms with Crippen LogP contribution in [-0.2, 0) is 0 Å². The van der Waals surface area contributed by atoms with E-state index in [1.54, 1.807) is 21.3 Å². The SMILES string of the molecule is COc1ccc([C@H]2Oc3c(OC)cccc3[C@@H]3CC(c4cccc(OC)c4)=NN23)cc1. The molecule has 0 aliphatic carbocycles. The van der Waals surface area contributed by atoms with Crippen LogP contribution in [0.5, 0.6) is 23.0 Å². The molecule has 31 heavy (non-hydrogen) atoms. The highest BCUT2D eigenvalue weighted by Crippen LogP contribution is 2.50. The normalized spacial score (nSPS) is 19.1. The first-order valence-corrected chi connectivity index (χ1v) is 10.2. The number of hydrazone groups is 1. The molecule has 0 unspecified atom stereocenters. The Morgan fingerprint density at radius 3 is 2.39 bits per heavy atom. The van der Waals surface area contributed by atoms with Crippen molar-refractivity contribution in [3.8, 4) is 23.0 Å². The number of hydrogen-bond donors (Lipinski definition) is 0. The predicted octanol–water partition coefficient (Wildman–Crippen LogP) is 4.95. The second-order valence-electron chi connectivity index (χ2n) is 7.50. The fourth-order valence-electron chi connectivity index (χ4n) is 4.21. The van der Waals surface area contributed by atoms with Crippen molar-refractivity contribution in [2.45, 2.75) is 18.7 Å². The summed E-state index contributed by atoms with van der Waals surface area (Å²) in [5, 5.41) is 7.06. The van der Waals surface area contributed by atoms with Gasteiger partial charge in [0.1, 0.15) is 11.5 Å². The molecule has 2 atom stereocenters. The number of ether oxygens (including phenoxy) is 4. The molecule has 0 radical (unpaired) electrons. The molecular formula is C25H24N2O4. The van der Waals surface area contributed by atoms with E-state index in [4.69, 9.17) is 24.0 Å². The third-order valence-corrected chi connectivity index (χ3v) is 5.80. The van der Waals surface area contributed by atoms with Crippen molar-refractivity contribution in [1.82, 2.24) is 5.01 Å². The van der Waals surface area contributed by atoms with Crippen LogP contribution >= 0.6 is 0 Å². The molecule has 0 amide bonds. The van der Waals surface area contributed by atoms with Crippen molar-refractivity contribution in [3.63, 3.8) is 0 Å². The van der Waals surface area contributed by atoms with Gasteiger partial charge in [-0.05, 0) is 42.5 Å². The minimum atomic E-state index is -0.372. The van der Waals surface area contributed by atoms with Crippen molar-refractivity contribution in [3.05, 3.63) is 83.4 Å². The van der Waals surface area contributed by atoms with Crippen molar-refractivity contribution in [2.24, 2.45) is 5.10 Å². The van der Waals surface area contributed by atoms with Crippen LogP contribution in [0.25, 0.3) is 0 Å². The first-order chi connectivity index (χ1) is 15.2. The number of fused-ring (bicyclic) bond motifs is 3. The van der Waals surface area contributed by atoms with Gasteiger partial charge in [0.05, 0.1) is 33.1 Å². The summed E-state index contributed by atoms with van der Waals surface area (Å²) >= 11 is 0. The van der Waals surface area contributed by atoms with Gasteiger partial charge < -0.3 is 18.9 Å². The second kappa shape index (κ2) is 7.87. The van der Waals surface area contributed by atoms with E-state index in [1.165, 1.54) is 0 Å². The van der Waals surface area contributed by atoms with Crippen LogP contribution in [0.15, 0.2) is 71.8 Å². The van der Waals surface area contributed by atoms with Crippen LogP contribution in [0.2, 0.25) is 0 Å². The third-order valence-electron chi connectivity index (χ3n) is 5.80. The van der Waals surface area contributed by atoms with Crippen molar-refractivity contribution in [2.75, 3.05) is 21.3 Å². The third kappa shape index (κ3) is 3.34. The molecule has 6 nitrogen and oxygen atoms in total. The Bertz CT molecular complexity index is 1130. The first kappa shape index (κ1) is 19.3. The summed E-state index contributed by atoms with van der Waals surface area (Å²) in [5.74, 6) is 3.12. The molecule has 0 bridgehead atoms. The summed E-state index contributed by atoms with van der Waals surface area (Å²) in [6.07, 6.45) is 0.395. The lowest BCUT2D eigenvalue weighted by Crippen LogP contribution is -2.33. The zero-order valence-electron chi connectivity index (χ0n) is 17.7. The second-order valence-corrected chi connectivity index (χ2v) is 7.50. The summed E-state index contributed by atoms with van der Waals surface area (Å²) in [6, 6.07) is 22.0. The Morgan fingerprint density at radius 1 is 0.871 bits per heavy atom. The van der Waals surface area contributed by atoms with Gasteiger partial charge in [0, 0.05) is 23.1 Å². The van der Waals surface area contributed by atoms with Crippen LogP contribution in [0, 0.1) is 0 Å². The lowest BCUT2D eigenvalue weighted by molar-refractivity contribution is -0.0209. The quantitative estimate of drug-likeness (QED) is 0.589. The minimum Gasteiger partial charge on any atom is -0.497 e. The highest BCUT2D eigenvalue weighted by molar-refractivity contribution is 6.02. The Morgan fingerprint density at radius 2 is 1.65 bits per heavy atom. The topological polar surface area (TPSA) is 52.5 Å². The summed E-state index contributed by atoms with van der Waals surface area (Å²) in [5.41, 5.74) is 4.12. The predicted molar refractivity (Wildman–Crippen MR) is 118 cm³/mol. The van der Waals surface area contributed by atoms with Crippen molar-refractivity contribution >= 4 is 5.71 Å². The lowest BCUT2D eigenvalue weighted by atomic mass is 9.95. The van der Waals surface area contributed by atoms with Gasteiger partial charge in [-0.2, -0.15) is 5.10 Å². The largest absolute Gasteiger partial charge is 0.497 e. The smallest absolute Gasteiger partial charge is 0.214 e. The van der Waals surface area contributed by atoms with E-state index in [1.807, 2.05) is 54.6 Å². The summed E-state index contributed by atoms with van der Waals surface area (Å²) < 4.78 is 22.8. The van der Waals surface area contributed by atoms with Gasteiger partial charge in [-0.25, -0.2) is 5.01 Å². The fraction of sp³-hybridized carbons (Fsp3) is 0.240. The maximum Gasteiger partial charge on any atom is 0.214 e. The summed E-state index contributed by atoms with van der Waals surface area (Å²) in [7, 11) is 5.00. The highest BCUT2D eigenvalue weighted by Gasteiger charge is 2.42. The molecule has 2 aliphatic rings. The molecule has 2 heterocycles. The molecule has 0 aromatic heterocycles. The van der Waals surface area contributed by atoms with Gasteiger partial charge in [-0.1, -0.05) is 24.3 Å². The average molecular weight is 416 g/mol. The maximum atomic E-state index is 6.48. The van der Waals surface area contributed by atoms with Crippen molar-refractivity contribution in [1.29, 1.82) is 0 Å².